The minimum atomic E-state index is -0.564. The molecule has 1 rings (SSSR count). The molecule has 1 aliphatic rings. The predicted molar refractivity (Wildman–Crippen MR) is 53.3 cm³/mol. The molecule has 0 aromatic rings. The van der Waals surface area contributed by atoms with Crippen molar-refractivity contribution in [2.45, 2.75) is 45.3 Å². The SMILES string of the molecule is C=CC[C@H]1CC(C)(C)C[C@@H](O)C1O. The van der Waals surface area contributed by atoms with Crippen LogP contribution in [0.15, 0.2) is 12.7 Å². The molecule has 1 saturated carbocycles. The van der Waals surface area contributed by atoms with E-state index in [1.165, 1.54) is 0 Å². The second kappa shape index (κ2) is 3.81. The maximum absolute atomic E-state index is 9.70. The zero-order valence-electron chi connectivity index (χ0n) is 8.53. The summed E-state index contributed by atoms with van der Waals surface area (Å²) in [6.45, 7) is 7.94. The van der Waals surface area contributed by atoms with E-state index in [2.05, 4.69) is 20.4 Å². The van der Waals surface area contributed by atoms with Crippen molar-refractivity contribution in [3.05, 3.63) is 12.7 Å². The smallest absolute Gasteiger partial charge is 0.0830 e. The molecule has 76 valence electrons. The van der Waals surface area contributed by atoms with Crippen molar-refractivity contribution in [2.24, 2.45) is 11.3 Å². The molecule has 0 aliphatic heterocycles. The van der Waals surface area contributed by atoms with E-state index in [0.29, 0.717) is 6.42 Å². The third-order valence-electron chi connectivity index (χ3n) is 2.92. The summed E-state index contributed by atoms with van der Waals surface area (Å²) in [7, 11) is 0. The molecule has 0 heterocycles. The summed E-state index contributed by atoms with van der Waals surface area (Å²) in [6, 6.07) is 0. The van der Waals surface area contributed by atoms with Crippen LogP contribution in [-0.2, 0) is 0 Å². The van der Waals surface area contributed by atoms with Crippen LogP contribution < -0.4 is 0 Å². The molecule has 0 spiro atoms. The van der Waals surface area contributed by atoms with E-state index in [-0.39, 0.29) is 11.3 Å². The number of rotatable bonds is 2. The standard InChI is InChI=1S/C11H20O2/c1-4-5-8-6-11(2,3)7-9(12)10(8)13/h4,8-10,12-13H,1,5-7H2,2-3H3/t8-,9+,10?/m0/s1. The van der Waals surface area contributed by atoms with E-state index in [1.807, 2.05) is 6.08 Å². The number of aliphatic hydroxyl groups is 2. The number of hydrogen-bond donors (Lipinski definition) is 2. The van der Waals surface area contributed by atoms with Crippen LogP contribution in [0.5, 0.6) is 0 Å². The quantitative estimate of drug-likeness (QED) is 0.641. The van der Waals surface area contributed by atoms with Gasteiger partial charge in [-0.05, 0) is 30.6 Å². The Morgan fingerprint density at radius 2 is 2.00 bits per heavy atom. The first-order valence-electron chi connectivity index (χ1n) is 4.93. The average Bonchev–Trinajstić information content (AvgIpc) is 1.99. The van der Waals surface area contributed by atoms with Crippen molar-refractivity contribution >= 4 is 0 Å². The van der Waals surface area contributed by atoms with Crippen LogP contribution in [0.2, 0.25) is 0 Å². The third kappa shape index (κ3) is 2.55. The summed E-state index contributed by atoms with van der Waals surface area (Å²) in [6.07, 6.45) is 3.16. The van der Waals surface area contributed by atoms with Gasteiger partial charge in [0.25, 0.3) is 0 Å². The number of aliphatic hydroxyl groups excluding tert-OH is 2. The Morgan fingerprint density at radius 1 is 1.38 bits per heavy atom. The minimum Gasteiger partial charge on any atom is -0.390 e. The normalized spacial score (nSPS) is 38.6. The molecule has 2 N–H and O–H groups in total. The molecule has 0 aromatic carbocycles. The van der Waals surface area contributed by atoms with Crippen LogP contribution in [0.1, 0.15) is 33.1 Å². The van der Waals surface area contributed by atoms with Gasteiger partial charge in [0.1, 0.15) is 0 Å². The molecule has 0 saturated heterocycles. The van der Waals surface area contributed by atoms with Crippen molar-refractivity contribution in [3.63, 3.8) is 0 Å². The molecule has 0 aromatic heterocycles. The molecule has 1 fully saturated rings. The van der Waals surface area contributed by atoms with Gasteiger partial charge in [-0.3, -0.25) is 0 Å². The molecule has 0 radical (unpaired) electrons. The fourth-order valence-electron chi connectivity index (χ4n) is 2.35. The summed E-state index contributed by atoms with van der Waals surface area (Å²) in [4.78, 5) is 0. The topological polar surface area (TPSA) is 40.5 Å². The minimum absolute atomic E-state index is 0.145. The lowest BCUT2D eigenvalue weighted by Crippen LogP contribution is -2.43. The van der Waals surface area contributed by atoms with Gasteiger partial charge in [0.15, 0.2) is 0 Å². The van der Waals surface area contributed by atoms with Gasteiger partial charge in [-0.2, -0.15) is 0 Å². The third-order valence-corrected chi connectivity index (χ3v) is 2.92. The highest BCUT2D eigenvalue weighted by atomic mass is 16.3. The molecule has 0 amide bonds. The van der Waals surface area contributed by atoms with Crippen LogP contribution in [0.3, 0.4) is 0 Å². The van der Waals surface area contributed by atoms with E-state index >= 15 is 0 Å². The number of allylic oxidation sites excluding steroid dienone is 1. The van der Waals surface area contributed by atoms with Crippen LogP contribution in [0.4, 0.5) is 0 Å². The molecule has 2 heteroatoms. The summed E-state index contributed by atoms with van der Waals surface area (Å²) in [5.41, 5.74) is 0.145. The van der Waals surface area contributed by atoms with E-state index in [4.69, 9.17) is 0 Å². The van der Waals surface area contributed by atoms with Gasteiger partial charge >= 0.3 is 0 Å². The van der Waals surface area contributed by atoms with E-state index < -0.39 is 12.2 Å². The zero-order chi connectivity index (χ0) is 10.1. The van der Waals surface area contributed by atoms with Crippen molar-refractivity contribution in [3.8, 4) is 0 Å². The second-order valence-electron chi connectivity index (χ2n) is 4.91. The highest BCUT2D eigenvalue weighted by molar-refractivity contribution is 4.92. The summed E-state index contributed by atoms with van der Waals surface area (Å²) in [5, 5.41) is 19.3. The Kier molecular flexibility index (Phi) is 3.14. The van der Waals surface area contributed by atoms with E-state index in [9.17, 15) is 10.2 Å². The fraction of sp³-hybridized carbons (Fsp3) is 0.818. The second-order valence-corrected chi connectivity index (χ2v) is 4.91. The van der Waals surface area contributed by atoms with Gasteiger partial charge < -0.3 is 10.2 Å². The number of hydrogen-bond acceptors (Lipinski definition) is 2. The van der Waals surface area contributed by atoms with Gasteiger partial charge in [0, 0.05) is 0 Å². The Bertz CT molecular complexity index is 187. The first-order valence-corrected chi connectivity index (χ1v) is 4.93. The lowest BCUT2D eigenvalue weighted by Gasteiger charge is -2.41. The summed E-state index contributed by atoms with van der Waals surface area (Å²) < 4.78 is 0. The predicted octanol–water partition coefficient (Wildman–Crippen LogP) is 1.72. The molecular weight excluding hydrogens is 164 g/mol. The molecular formula is C11H20O2. The van der Waals surface area contributed by atoms with Crippen LogP contribution in [0.25, 0.3) is 0 Å². The Hall–Kier alpha value is -0.340. The van der Waals surface area contributed by atoms with Gasteiger partial charge in [-0.1, -0.05) is 19.9 Å². The van der Waals surface area contributed by atoms with Crippen LogP contribution in [0, 0.1) is 11.3 Å². The van der Waals surface area contributed by atoms with Crippen molar-refractivity contribution in [1.82, 2.24) is 0 Å². The largest absolute Gasteiger partial charge is 0.390 e. The maximum atomic E-state index is 9.70. The van der Waals surface area contributed by atoms with Gasteiger partial charge in [0.2, 0.25) is 0 Å². The molecule has 13 heavy (non-hydrogen) atoms. The lowest BCUT2D eigenvalue weighted by molar-refractivity contribution is -0.0798. The van der Waals surface area contributed by atoms with Gasteiger partial charge in [0.05, 0.1) is 12.2 Å². The first kappa shape index (κ1) is 10.7. The van der Waals surface area contributed by atoms with Crippen molar-refractivity contribution < 1.29 is 10.2 Å². The molecule has 2 nitrogen and oxygen atoms in total. The first-order chi connectivity index (χ1) is 5.96. The van der Waals surface area contributed by atoms with Gasteiger partial charge in [-0.15, -0.1) is 6.58 Å². The molecule has 3 atom stereocenters. The molecule has 1 aliphatic carbocycles. The summed E-state index contributed by atoms with van der Waals surface area (Å²) in [5.74, 6) is 0.177. The molecule has 0 bridgehead atoms. The monoisotopic (exact) mass is 184 g/mol. The highest BCUT2D eigenvalue weighted by Gasteiger charge is 2.38. The Morgan fingerprint density at radius 3 is 2.54 bits per heavy atom. The highest BCUT2D eigenvalue weighted by Crippen LogP contribution is 2.40. The average molecular weight is 184 g/mol. The van der Waals surface area contributed by atoms with E-state index in [0.717, 1.165) is 12.8 Å². The fourth-order valence-corrected chi connectivity index (χ4v) is 2.35. The maximum Gasteiger partial charge on any atom is 0.0830 e. The van der Waals surface area contributed by atoms with E-state index in [1.54, 1.807) is 0 Å². The Balaban J connectivity index is 2.66. The summed E-state index contributed by atoms with van der Waals surface area (Å²) >= 11 is 0. The van der Waals surface area contributed by atoms with Crippen molar-refractivity contribution in [1.29, 1.82) is 0 Å². The lowest BCUT2D eigenvalue weighted by atomic mass is 9.68. The molecule has 1 unspecified atom stereocenters. The van der Waals surface area contributed by atoms with Crippen LogP contribution in [-0.4, -0.2) is 22.4 Å². The van der Waals surface area contributed by atoms with Crippen molar-refractivity contribution in [2.75, 3.05) is 0 Å². The Labute approximate surface area is 80.3 Å². The van der Waals surface area contributed by atoms with Crippen LogP contribution >= 0.6 is 0 Å². The van der Waals surface area contributed by atoms with Gasteiger partial charge in [-0.25, -0.2) is 0 Å². The zero-order valence-corrected chi connectivity index (χ0v) is 8.53.